The Kier molecular flexibility index (Phi) is 3.39. The van der Waals surface area contributed by atoms with Crippen LogP contribution in [0.5, 0.6) is 0 Å². The third-order valence-corrected chi connectivity index (χ3v) is 3.81. The van der Waals surface area contributed by atoms with Crippen LogP contribution >= 0.6 is 11.8 Å². The molecule has 0 saturated carbocycles. The molecule has 1 fully saturated rings. The second-order valence-corrected chi connectivity index (χ2v) is 5.52. The molecule has 0 aliphatic carbocycles. The van der Waals surface area contributed by atoms with Crippen molar-refractivity contribution < 1.29 is 13.0 Å². The van der Waals surface area contributed by atoms with E-state index in [9.17, 15) is 8.42 Å². The molecule has 1 unspecified atom stereocenters. The number of rotatable bonds is 3. The lowest BCUT2D eigenvalue weighted by atomic mass is 10.3. The summed E-state index contributed by atoms with van der Waals surface area (Å²) in [6.07, 6.45) is 0. The molecule has 0 aromatic carbocycles. The fourth-order valence-electron chi connectivity index (χ4n) is 1.09. The zero-order valence-electron chi connectivity index (χ0n) is 6.93. The Morgan fingerprint density at radius 3 is 2.75 bits per heavy atom. The molecule has 0 spiro atoms. The molecule has 0 amide bonds. The molecular formula is C6H13NO3S2. The van der Waals surface area contributed by atoms with Gasteiger partial charge in [0.1, 0.15) is 0 Å². The lowest BCUT2D eigenvalue weighted by Crippen LogP contribution is -2.32. The van der Waals surface area contributed by atoms with Gasteiger partial charge in [0, 0.05) is 24.2 Å². The molecule has 0 aromatic rings. The van der Waals surface area contributed by atoms with Gasteiger partial charge >= 0.3 is 0 Å². The van der Waals surface area contributed by atoms with Crippen molar-refractivity contribution in [1.29, 1.82) is 0 Å². The molecule has 1 aliphatic rings. The average molecular weight is 211 g/mol. The minimum atomic E-state index is -3.79. The molecule has 0 bridgehead atoms. The predicted molar refractivity (Wildman–Crippen MR) is 49.9 cm³/mol. The van der Waals surface area contributed by atoms with E-state index in [0.717, 1.165) is 11.6 Å². The van der Waals surface area contributed by atoms with Gasteiger partial charge in [-0.25, -0.2) is 0 Å². The normalized spacial score (nSPS) is 26.3. The maximum atomic E-state index is 10.4. The first-order valence-corrected chi connectivity index (χ1v) is 6.52. The van der Waals surface area contributed by atoms with E-state index in [2.05, 4.69) is 11.8 Å². The van der Waals surface area contributed by atoms with E-state index in [4.69, 9.17) is 4.55 Å². The molecule has 0 radical (unpaired) electrons. The van der Waals surface area contributed by atoms with E-state index in [1.807, 2.05) is 0 Å². The van der Waals surface area contributed by atoms with Crippen molar-refractivity contribution >= 4 is 21.9 Å². The van der Waals surface area contributed by atoms with E-state index in [1.54, 1.807) is 11.8 Å². The van der Waals surface area contributed by atoms with Gasteiger partial charge in [-0.2, -0.15) is 8.42 Å². The highest BCUT2D eigenvalue weighted by molar-refractivity contribution is 7.99. The van der Waals surface area contributed by atoms with Crippen LogP contribution in [0.15, 0.2) is 0 Å². The summed E-state index contributed by atoms with van der Waals surface area (Å²) in [4.78, 5) is 2.05. The molecule has 72 valence electrons. The van der Waals surface area contributed by atoms with Crippen molar-refractivity contribution in [3.8, 4) is 0 Å². The van der Waals surface area contributed by atoms with Gasteiger partial charge in [-0.1, -0.05) is 0 Å². The first-order valence-electron chi connectivity index (χ1n) is 3.76. The smallest absolute Gasteiger partial charge is 0.266 e. The van der Waals surface area contributed by atoms with E-state index in [1.165, 1.54) is 0 Å². The van der Waals surface area contributed by atoms with Crippen LogP contribution in [0.2, 0.25) is 0 Å². The first-order chi connectivity index (χ1) is 5.49. The molecule has 6 heteroatoms. The summed E-state index contributed by atoms with van der Waals surface area (Å²) < 4.78 is 29.3. The largest absolute Gasteiger partial charge is 0.290 e. The fraction of sp³-hybridized carbons (Fsp3) is 1.00. The fourth-order valence-corrected chi connectivity index (χ4v) is 2.83. The Balaban J connectivity index is 2.32. The Morgan fingerprint density at radius 2 is 2.33 bits per heavy atom. The van der Waals surface area contributed by atoms with Crippen LogP contribution in [0.4, 0.5) is 0 Å². The van der Waals surface area contributed by atoms with Gasteiger partial charge in [0.2, 0.25) is 0 Å². The van der Waals surface area contributed by atoms with Gasteiger partial charge in [-0.15, -0.1) is 11.8 Å². The summed E-state index contributed by atoms with van der Waals surface area (Å²) in [7, 11) is -3.79. The predicted octanol–water partition coefficient (Wildman–Crippen LogP) is 0.269. The molecule has 0 aromatic heterocycles. The summed E-state index contributed by atoms with van der Waals surface area (Å²) in [5.41, 5.74) is 0. The van der Waals surface area contributed by atoms with Crippen LogP contribution in [-0.2, 0) is 10.1 Å². The maximum absolute atomic E-state index is 10.4. The van der Waals surface area contributed by atoms with Gasteiger partial charge in [0.15, 0.2) is 0 Å². The minimum Gasteiger partial charge on any atom is -0.290 e. The quantitative estimate of drug-likeness (QED) is 0.679. The maximum Gasteiger partial charge on any atom is 0.266 e. The lowest BCUT2D eigenvalue weighted by Gasteiger charge is -2.18. The molecule has 4 nitrogen and oxygen atoms in total. The summed E-state index contributed by atoms with van der Waals surface area (Å²) in [6.45, 7) is 2.50. The second-order valence-electron chi connectivity index (χ2n) is 2.95. The van der Waals surface area contributed by atoms with Crippen LogP contribution in [-0.4, -0.2) is 47.8 Å². The van der Waals surface area contributed by atoms with Crippen LogP contribution < -0.4 is 0 Å². The van der Waals surface area contributed by atoms with Crippen molar-refractivity contribution in [2.75, 3.05) is 23.9 Å². The van der Waals surface area contributed by atoms with Crippen LogP contribution in [0.3, 0.4) is 0 Å². The molecule has 1 saturated heterocycles. The second kappa shape index (κ2) is 3.95. The summed E-state index contributed by atoms with van der Waals surface area (Å²) in [5.74, 6) is 1.76. The molecule has 12 heavy (non-hydrogen) atoms. The van der Waals surface area contributed by atoms with E-state index in [-0.39, 0.29) is 5.75 Å². The van der Waals surface area contributed by atoms with E-state index >= 15 is 0 Å². The van der Waals surface area contributed by atoms with Crippen molar-refractivity contribution in [3.05, 3.63) is 0 Å². The van der Waals surface area contributed by atoms with Gasteiger partial charge in [-0.3, -0.25) is 9.45 Å². The lowest BCUT2D eigenvalue weighted by molar-refractivity contribution is 0.295. The van der Waals surface area contributed by atoms with E-state index < -0.39 is 10.1 Å². The summed E-state index contributed by atoms with van der Waals surface area (Å²) in [5, 5.41) is 0. The summed E-state index contributed by atoms with van der Waals surface area (Å²) in [6, 6.07) is 0.428. The number of hydrogen-bond donors (Lipinski definition) is 1. The van der Waals surface area contributed by atoms with Crippen molar-refractivity contribution in [2.45, 2.75) is 13.0 Å². The van der Waals surface area contributed by atoms with Gasteiger partial charge < -0.3 is 0 Å². The Hall–Kier alpha value is 0.220. The molecule has 1 heterocycles. The third-order valence-electron chi connectivity index (χ3n) is 1.88. The summed E-state index contributed by atoms with van der Waals surface area (Å²) >= 11 is 1.79. The minimum absolute atomic E-state index is 0.155. The highest BCUT2D eigenvalue weighted by Gasteiger charge is 2.21. The zero-order chi connectivity index (χ0) is 9.19. The standard InChI is InChI=1S/C6H13NO3S2/c1-6-4-11-5-7(6)2-3-12(8,9)10/h6H,2-5H2,1H3,(H,8,9,10). The van der Waals surface area contributed by atoms with Crippen molar-refractivity contribution in [3.63, 3.8) is 0 Å². The average Bonchev–Trinajstić information content (AvgIpc) is 2.29. The molecule has 1 rings (SSSR count). The van der Waals surface area contributed by atoms with Crippen molar-refractivity contribution in [2.24, 2.45) is 0 Å². The molecule has 1 atom stereocenters. The number of nitrogens with zero attached hydrogens (tertiary/aromatic N) is 1. The molecule has 1 aliphatic heterocycles. The highest BCUT2D eigenvalue weighted by atomic mass is 32.2. The number of hydrogen-bond acceptors (Lipinski definition) is 4. The van der Waals surface area contributed by atoms with E-state index in [0.29, 0.717) is 12.6 Å². The highest BCUT2D eigenvalue weighted by Crippen LogP contribution is 2.19. The Labute approximate surface area is 77.1 Å². The Bertz CT molecular complexity index is 239. The first kappa shape index (κ1) is 10.3. The van der Waals surface area contributed by atoms with Gasteiger partial charge in [0.05, 0.1) is 5.75 Å². The molecule has 1 N–H and O–H groups in total. The van der Waals surface area contributed by atoms with Crippen LogP contribution in [0.1, 0.15) is 6.92 Å². The third kappa shape index (κ3) is 3.30. The SMILES string of the molecule is CC1CSCN1CCS(=O)(=O)O. The number of thioether (sulfide) groups is 1. The van der Waals surface area contributed by atoms with Crippen LogP contribution in [0, 0.1) is 0 Å². The van der Waals surface area contributed by atoms with Crippen LogP contribution in [0.25, 0.3) is 0 Å². The molecular weight excluding hydrogens is 198 g/mol. The van der Waals surface area contributed by atoms with Gasteiger partial charge in [-0.05, 0) is 6.92 Å². The van der Waals surface area contributed by atoms with Crippen molar-refractivity contribution in [1.82, 2.24) is 4.90 Å². The Morgan fingerprint density at radius 1 is 1.67 bits per heavy atom. The van der Waals surface area contributed by atoms with Gasteiger partial charge in [0.25, 0.3) is 10.1 Å². The zero-order valence-corrected chi connectivity index (χ0v) is 8.57. The monoisotopic (exact) mass is 211 g/mol. The topological polar surface area (TPSA) is 57.6 Å².